The van der Waals surface area contributed by atoms with Gasteiger partial charge in [-0.25, -0.2) is 0 Å². The largest absolute Gasteiger partial charge is 0.511 e. The highest BCUT2D eigenvalue weighted by molar-refractivity contribution is 6.25. The zero-order chi connectivity index (χ0) is 25.9. The number of hydrogen-bond donors (Lipinski definition) is 4. The van der Waals surface area contributed by atoms with Gasteiger partial charge in [-0.2, -0.15) is 0 Å². The van der Waals surface area contributed by atoms with Crippen molar-refractivity contribution in [3.05, 3.63) is 47.8 Å². The van der Waals surface area contributed by atoms with E-state index in [0.717, 1.165) is 12.8 Å². The fourth-order valence-electron chi connectivity index (χ4n) is 6.77. The predicted octanol–water partition coefficient (Wildman–Crippen LogP) is 4.26. The Balaban J connectivity index is 1.90. The van der Waals surface area contributed by atoms with Gasteiger partial charge in [-0.15, -0.1) is 0 Å². The Morgan fingerprint density at radius 2 is 1.86 bits per heavy atom. The average Bonchev–Trinajstić information content (AvgIpc) is 3.14. The molecule has 0 aromatic rings. The van der Waals surface area contributed by atoms with E-state index < -0.39 is 23.5 Å². The number of carbonyl (C=O) groups is 2. The highest BCUT2D eigenvalue weighted by Crippen LogP contribution is 2.58. The van der Waals surface area contributed by atoms with E-state index in [2.05, 4.69) is 31.3 Å². The van der Waals surface area contributed by atoms with Gasteiger partial charge < -0.3 is 20.6 Å². The molecule has 2 fully saturated rings. The Bertz CT molecular complexity index is 900. The zero-order valence-electron chi connectivity index (χ0n) is 21.8. The van der Waals surface area contributed by atoms with Crippen LogP contribution >= 0.6 is 0 Å². The van der Waals surface area contributed by atoms with Crippen molar-refractivity contribution in [1.82, 2.24) is 5.32 Å². The molecule has 1 amide bonds. The van der Waals surface area contributed by atoms with E-state index in [1.165, 1.54) is 0 Å². The van der Waals surface area contributed by atoms with Crippen LogP contribution in [-0.2, 0) is 9.59 Å². The number of Topliss-reactive ketones (excluding diaryl/α,β-unsaturated/α-hetero) is 1. The van der Waals surface area contributed by atoms with Crippen LogP contribution in [0.2, 0.25) is 0 Å². The normalized spacial score (nSPS) is 37.4. The molecular weight excluding hydrogens is 442 g/mol. The van der Waals surface area contributed by atoms with Gasteiger partial charge in [0.05, 0.1) is 18.8 Å². The lowest BCUT2D eigenvalue weighted by Gasteiger charge is -2.54. The Hall–Kier alpha value is -2.18. The van der Waals surface area contributed by atoms with Crippen molar-refractivity contribution in [2.24, 2.45) is 40.9 Å². The van der Waals surface area contributed by atoms with Crippen LogP contribution in [0.1, 0.15) is 60.3 Å². The summed E-state index contributed by atoms with van der Waals surface area (Å²) in [6.07, 6.45) is 13.5. The van der Waals surface area contributed by atoms with E-state index >= 15 is 0 Å². The van der Waals surface area contributed by atoms with E-state index in [1.54, 1.807) is 12.2 Å². The molecule has 0 bridgehead atoms. The summed E-state index contributed by atoms with van der Waals surface area (Å²) in [7, 11) is 0. The third-order valence-corrected chi connectivity index (χ3v) is 8.62. The number of aliphatic hydroxyl groups is 3. The van der Waals surface area contributed by atoms with Crippen LogP contribution in [0.3, 0.4) is 0 Å². The highest BCUT2D eigenvalue weighted by atomic mass is 16.3. The van der Waals surface area contributed by atoms with Gasteiger partial charge in [0.15, 0.2) is 5.78 Å². The molecule has 1 heterocycles. The van der Waals surface area contributed by atoms with Crippen LogP contribution in [0.4, 0.5) is 0 Å². The van der Waals surface area contributed by atoms with Crippen LogP contribution in [0.15, 0.2) is 47.8 Å². The summed E-state index contributed by atoms with van der Waals surface area (Å²) in [5.41, 5.74) is -0.954. The van der Waals surface area contributed by atoms with Crippen LogP contribution in [0, 0.1) is 40.9 Å². The van der Waals surface area contributed by atoms with Gasteiger partial charge in [-0.3, -0.25) is 9.59 Å². The molecule has 0 radical (unpaired) electrons. The van der Waals surface area contributed by atoms with Gasteiger partial charge in [0.2, 0.25) is 0 Å². The first-order chi connectivity index (χ1) is 16.5. The molecule has 2 aliphatic carbocycles. The molecule has 4 N–H and O–H groups in total. The Kier molecular flexibility index (Phi) is 8.81. The minimum atomic E-state index is -0.837. The minimum Gasteiger partial charge on any atom is -0.511 e. The summed E-state index contributed by atoms with van der Waals surface area (Å²) in [6.45, 7) is 10.2. The topological polar surface area (TPSA) is 107 Å². The van der Waals surface area contributed by atoms with E-state index in [0.29, 0.717) is 24.7 Å². The first kappa shape index (κ1) is 27.4. The molecule has 9 unspecified atom stereocenters. The molecule has 194 valence electrons. The molecule has 35 heavy (non-hydrogen) atoms. The first-order valence-electron chi connectivity index (χ1n) is 13.1. The maximum atomic E-state index is 12.5. The standard InChI is InChI=1S/C29H43NO5/c1-6-23(32)18(3)9-7-8-10-22(31)15-21-12-11-20-14-17(2)13-19(4)26(20)29(21,5)27(34)25-24(33)16-30-28(25)35/h7-12,17-23,26,31-32,34H,6,13-16H2,1-5H3,(H,30,35)/b9-7+,10-8+,27-25?. The van der Waals surface area contributed by atoms with E-state index in [-0.39, 0.29) is 47.3 Å². The molecular formula is C29H43NO5. The fourth-order valence-corrected chi connectivity index (χ4v) is 6.77. The zero-order valence-corrected chi connectivity index (χ0v) is 21.8. The van der Waals surface area contributed by atoms with Crippen molar-refractivity contribution >= 4 is 11.7 Å². The Labute approximate surface area is 209 Å². The number of allylic oxidation sites excluding steroid dienone is 5. The highest BCUT2D eigenvalue weighted by Gasteiger charge is 2.54. The lowest BCUT2D eigenvalue weighted by Crippen LogP contribution is -2.49. The second kappa shape index (κ2) is 11.3. The lowest BCUT2D eigenvalue weighted by molar-refractivity contribution is -0.118. The van der Waals surface area contributed by atoms with Crippen molar-refractivity contribution in [2.75, 3.05) is 6.54 Å². The molecule has 3 aliphatic rings. The van der Waals surface area contributed by atoms with Crippen LogP contribution in [-0.4, -0.2) is 45.8 Å². The number of fused-ring (bicyclic) bond motifs is 1. The summed E-state index contributed by atoms with van der Waals surface area (Å²) in [4.78, 5) is 25.0. The minimum absolute atomic E-state index is 0.0251. The Morgan fingerprint density at radius 1 is 1.17 bits per heavy atom. The summed E-state index contributed by atoms with van der Waals surface area (Å²) >= 11 is 0. The molecule has 1 saturated carbocycles. The number of carbonyl (C=O) groups excluding carboxylic acids is 2. The third kappa shape index (κ3) is 5.64. The van der Waals surface area contributed by atoms with Gasteiger partial charge >= 0.3 is 0 Å². The maximum Gasteiger partial charge on any atom is 0.258 e. The summed E-state index contributed by atoms with van der Waals surface area (Å²) < 4.78 is 0. The van der Waals surface area contributed by atoms with Gasteiger partial charge in [-0.05, 0) is 55.3 Å². The summed E-state index contributed by atoms with van der Waals surface area (Å²) in [5.74, 6) is -0.0397. The number of aliphatic hydroxyl groups excluding tert-OH is 3. The van der Waals surface area contributed by atoms with Crippen LogP contribution in [0.5, 0.6) is 0 Å². The molecule has 6 nitrogen and oxygen atoms in total. The smallest absolute Gasteiger partial charge is 0.258 e. The van der Waals surface area contributed by atoms with Crippen LogP contribution in [0.25, 0.3) is 0 Å². The maximum absolute atomic E-state index is 12.5. The fraction of sp³-hybridized carbons (Fsp3) is 0.655. The van der Waals surface area contributed by atoms with E-state index in [4.69, 9.17) is 0 Å². The third-order valence-electron chi connectivity index (χ3n) is 8.62. The molecule has 0 aromatic heterocycles. The Morgan fingerprint density at radius 3 is 2.49 bits per heavy atom. The predicted molar refractivity (Wildman–Crippen MR) is 137 cm³/mol. The van der Waals surface area contributed by atoms with Crippen LogP contribution < -0.4 is 5.32 Å². The monoisotopic (exact) mass is 485 g/mol. The lowest BCUT2D eigenvalue weighted by atomic mass is 9.50. The van der Waals surface area contributed by atoms with E-state index in [9.17, 15) is 24.9 Å². The number of amides is 1. The van der Waals surface area contributed by atoms with Crippen molar-refractivity contribution in [3.8, 4) is 0 Å². The second-order valence-corrected chi connectivity index (χ2v) is 11.3. The van der Waals surface area contributed by atoms with Crippen molar-refractivity contribution in [2.45, 2.75) is 72.5 Å². The van der Waals surface area contributed by atoms with Gasteiger partial charge in [-0.1, -0.05) is 71.1 Å². The molecule has 0 spiro atoms. The van der Waals surface area contributed by atoms with Crippen molar-refractivity contribution in [1.29, 1.82) is 0 Å². The number of ketones is 1. The second-order valence-electron chi connectivity index (χ2n) is 11.3. The summed E-state index contributed by atoms with van der Waals surface area (Å²) in [5, 5.41) is 34.9. The van der Waals surface area contributed by atoms with Crippen molar-refractivity contribution in [3.63, 3.8) is 0 Å². The molecule has 3 rings (SSSR count). The summed E-state index contributed by atoms with van der Waals surface area (Å²) in [6, 6.07) is 0. The molecule has 0 aromatic carbocycles. The average molecular weight is 486 g/mol. The van der Waals surface area contributed by atoms with Crippen molar-refractivity contribution < 1.29 is 24.9 Å². The van der Waals surface area contributed by atoms with Gasteiger partial charge in [0.1, 0.15) is 11.3 Å². The van der Waals surface area contributed by atoms with Gasteiger partial charge in [0, 0.05) is 11.3 Å². The quantitative estimate of drug-likeness (QED) is 0.135. The van der Waals surface area contributed by atoms with Gasteiger partial charge in [0.25, 0.3) is 5.91 Å². The molecule has 1 saturated heterocycles. The number of rotatable bonds is 8. The molecule has 9 atom stereocenters. The number of hydrogen-bond acceptors (Lipinski definition) is 5. The molecule has 1 aliphatic heterocycles. The first-order valence-corrected chi connectivity index (χ1v) is 13.1. The van der Waals surface area contributed by atoms with E-state index in [1.807, 2.05) is 32.9 Å². The SMILES string of the molecule is CCC(O)C(C)/C=C/C=C/C(O)CC1C=CC2CC(C)CC(C)C2C1(C)C(O)=C1C(=O)CNC1=O. The number of nitrogens with one attached hydrogen (secondary N) is 1. The molecule has 6 heteroatoms.